The molecule has 6 heteroatoms. The van der Waals surface area contributed by atoms with Crippen LogP contribution in [-0.2, 0) is 18.8 Å². The maximum atomic E-state index is 14.4. The van der Waals surface area contributed by atoms with Crippen LogP contribution < -0.4 is 10.6 Å². The van der Waals surface area contributed by atoms with Gasteiger partial charge in [-0.25, -0.2) is 4.79 Å². The average molecular weight is 399 g/mol. The fourth-order valence-corrected chi connectivity index (χ4v) is 6.02. The molecule has 0 N–H and O–H groups in total. The van der Waals surface area contributed by atoms with Crippen molar-refractivity contribution in [2.24, 2.45) is 0 Å². The largest absolute Gasteiger partial charge is 0.463 e. The highest BCUT2D eigenvalue weighted by atomic mass is 31.2. The van der Waals surface area contributed by atoms with Crippen LogP contribution in [0.4, 0.5) is 0 Å². The Labute approximate surface area is 166 Å². The Kier molecular flexibility index (Phi) is 7.07. The highest BCUT2D eigenvalue weighted by Gasteiger charge is 2.31. The molecule has 148 valence electrons. The van der Waals surface area contributed by atoms with Crippen LogP contribution in [0.25, 0.3) is 0 Å². The molecule has 3 rings (SSSR count). The summed E-state index contributed by atoms with van der Waals surface area (Å²) in [6.45, 7) is 4.58. The zero-order chi connectivity index (χ0) is 19.8. The van der Waals surface area contributed by atoms with Gasteiger partial charge in [-0.1, -0.05) is 60.7 Å². The van der Waals surface area contributed by atoms with E-state index in [0.29, 0.717) is 32.9 Å². The van der Waals surface area contributed by atoms with Gasteiger partial charge >= 0.3 is 5.97 Å². The Morgan fingerprint density at radius 1 is 1.04 bits per heavy atom. The van der Waals surface area contributed by atoms with Gasteiger partial charge in [-0.2, -0.15) is 0 Å². The summed E-state index contributed by atoms with van der Waals surface area (Å²) < 4.78 is 24.9. The summed E-state index contributed by atoms with van der Waals surface area (Å²) in [4.78, 5) is 14.3. The molecule has 2 aromatic carbocycles. The summed E-state index contributed by atoms with van der Waals surface area (Å²) in [7, 11) is -2.98. The van der Waals surface area contributed by atoms with Crippen LogP contribution in [0.15, 0.2) is 72.4 Å². The van der Waals surface area contributed by atoms with Crippen molar-refractivity contribution in [1.29, 1.82) is 0 Å². The standard InChI is InChI=1S/C22H26NO4P/c1-2-27-22(24)17-19(23-13-15-26-16-14-23)18-28(25,20-9-5-3-6-10-20)21-11-7-4-8-12-21/h3-12,17H,2,13-16,18H2,1H3/b19-17-. The lowest BCUT2D eigenvalue weighted by Gasteiger charge is -2.33. The number of hydrogen-bond acceptors (Lipinski definition) is 5. The van der Waals surface area contributed by atoms with E-state index in [-0.39, 0.29) is 6.16 Å². The van der Waals surface area contributed by atoms with Crippen LogP contribution in [0.2, 0.25) is 0 Å². The molecule has 1 aliphatic rings. The van der Waals surface area contributed by atoms with Crippen molar-refractivity contribution in [1.82, 2.24) is 4.90 Å². The molecular weight excluding hydrogens is 373 g/mol. The maximum Gasteiger partial charge on any atom is 0.332 e. The van der Waals surface area contributed by atoms with E-state index in [1.54, 1.807) is 6.92 Å². The van der Waals surface area contributed by atoms with Crippen LogP contribution in [0.3, 0.4) is 0 Å². The first-order valence-corrected chi connectivity index (χ1v) is 11.4. The fourth-order valence-electron chi connectivity index (χ4n) is 3.30. The highest BCUT2D eigenvalue weighted by Crippen LogP contribution is 2.45. The van der Waals surface area contributed by atoms with E-state index in [9.17, 15) is 9.36 Å². The molecule has 0 aliphatic carbocycles. The monoisotopic (exact) mass is 399 g/mol. The Balaban J connectivity index is 2.02. The molecule has 0 spiro atoms. The number of ether oxygens (including phenoxy) is 2. The van der Waals surface area contributed by atoms with Gasteiger partial charge in [0.25, 0.3) is 0 Å². The molecule has 2 aromatic rings. The summed E-state index contributed by atoms with van der Waals surface area (Å²) in [5, 5.41) is 1.56. The molecule has 0 bridgehead atoms. The van der Waals surface area contributed by atoms with Crippen molar-refractivity contribution in [2.45, 2.75) is 6.92 Å². The number of carbonyl (C=O) groups is 1. The van der Waals surface area contributed by atoms with Crippen molar-refractivity contribution in [2.75, 3.05) is 39.1 Å². The van der Waals surface area contributed by atoms with Gasteiger partial charge in [-0.15, -0.1) is 0 Å². The van der Waals surface area contributed by atoms with Crippen molar-refractivity contribution < 1.29 is 18.8 Å². The summed E-state index contributed by atoms with van der Waals surface area (Å²) in [6.07, 6.45) is 1.76. The number of rotatable bonds is 7. The van der Waals surface area contributed by atoms with Gasteiger partial charge < -0.3 is 18.9 Å². The highest BCUT2D eigenvalue weighted by molar-refractivity contribution is 7.78. The summed E-state index contributed by atoms with van der Waals surface area (Å²) in [6, 6.07) is 19.0. The molecule has 0 unspecified atom stereocenters. The molecule has 0 saturated carbocycles. The molecule has 1 saturated heterocycles. The quantitative estimate of drug-likeness (QED) is 0.407. The Morgan fingerprint density at radius 2 is 1.57 bits per heavy atom. The molecule has 0 amide bonds. The number of hydrogen-bond donors (Lipinski definition) is 0. The van der Waals surface area contributed by atoms with E-state index in [0.717, 1.165) is 16.3 Å². The third kappa shape index (κ3) is 4.92. The van der Waals surface area contributed by atoms with Crippen molar-refractivity contribution in [3.05, 3.63) is 72.4 Å². The predicted octanol–water partition coefficient (Wildman–Crippen LogP) is 2.78. The molecule has 0 aromatic heterocycles. The Hall–Kier alpha value is -2.36. The summed E-state index contributed by atoms with van der Waals surface area (Å²) in [5.41, 5.74) is 0.734. The first kappa shape index (κ1) is 20.4. The van der Waals surface area contributed by atoms with E-state index in [2.05, 4.69) is 4.90 Å². The van der Waals surface area contributed by atoms with Crippen molar-refractivity contribution >= 4 is 23.7 Å². The average Bonchev–Trinajstić information content (AvgIpc) is 2.75. The van der Waals surface area contributed by atoms with Gasteiger partial charge in [0, 0.05) is 41.6 Å². The minimum absolute atomic E-state index is 0.264. The molecule has 5 nitrogen and oxygen atoms in total. The van der Waals surface area contributed by atoms with E-state index >= 15 is 0 Å². The van der Waals surface area contributed by atoms with Crippen LogP contribution >= 0.6 is 7.14 Å². The Bertz CT molecular complexity index is 802. The molecule has 1 aliphatic heterocycles. The predicted molar refractivity (Wildman–Crippen MR) is 112 cm³/mol. The van der Waals surface area contributed by atoms with Gasteiger partial charge in [0.1, 0.15) is 7.14 Å². The number of carbonyl (C=O) groups excluding carboxylic acids is 1. The smallest absolute Gasteiger partial charge is 0.332 e. The second kappa shape index (κ2) is 9.72. The second-order valence-corrected chi connectivity index (χ2v) is 9.38. The lowest BCUT2D eigenvalue weighted by atomic mass is 10.3. The topological polar surface area (TPSA) is 55.8 Å². The normalized spacial score (nSPS) is 15.3. The minimum Gasteiger partial charge on any atom is -0.463 e. The fraction of sp³-hybridized carbons (Fsp3) is 0.318. The van der Waals surface area contributed by atoms with E-state index in [4.69, 9.17) is 9.47 Å². The third-order valence-electron chi connectivity index (χ3n) is 4.72. The van der Waals surface area contributed by atoms with Crippen LogP contribution in [-0.4, -0.2) is 49.9 Å². The van der Waals surface area contributed by atoms with Gasteiger partial charge in [-0.05, 0) is 6.92 Å². The molecule has 1 heterocycles. The first-order valence-electron chi connectivity index (χ1n) is 9.54. The van der Waals surface area contributed by atoms with Crippen LogP contribution in [0.5, 0.6) is 0 Å². The van der Waals surface area contributed by atoms with Crippen LogP contribution in [0, 0.1) is 0 Å². The lowest BCUT2D eigenvalue weighted by Crippen LogP contribution is -2.38. The summed E-state index contributed by atoms with van der Waals surface area (Å²) in [5.74, 6) is -0.406. The number of allylic oxidation sites excluding steroid dienone is 1. The van der Waals surface area contributed by atoms with E-state index in [1.807, 2.05) is 60.7 Å². The first-order chi connectivity index (χ1) is 13.6. The molecule has 0 atom stereocenters. The minimum atomic E-state index is -2.98. The van der Waals surface area contributed by atoms with Crippen molar-refractivity contribution in [3.63, 3.8) is 0 Å². The van der Waals surface area contributed by atoms with E-state index < -0.39 is 13.1 Å². The maximum absolute atomic E-state index is 14.4. The zero-order valence-corrected chi connectivity index (χ0v) is 17.0. The van der Waals surface area contributed by atoms with E-state index in [1.165, 1.54) is 6.08 Å². The van der Waals surface area contributed by atoms with Gasteiger partial charge in [0.2, 0.25) is 0 Å². The molecule has 0 radical (unpaired) electrons. The third-order valence-corrected chi connectivity index (χ3v) is 7.75. The zero-order valence-electron chi connectivity index (χ0n) is 16.1. The Morgan fingerprint density at radius 3 is 2.07 bits per heavy atom. The molecule has 28 heavy (non-hydrogen) atoms. The van der Waals surface area contributed by atoms with Gasteiger partial charge in [0.15, 0.2) is 0 Å². The van der Waals surface area contributed by atoms with Crippen molar-refractivity contribution in [3.8, 4) is 0 Å². The number of morpholine rings is 1. The number of esters is 1. The second-order valence-electron chi connectivity index (χ2n) is 6.56. The van der Waals surface area contributed by atoms with Gasteiger partial charge in [0.05, 0.1) is 19.8 Å². The lowest BCUT2D eigenvalue weighted by molar-refractivity contribution is -0.137. The van der Waals surface area contributed by atoms with Gasteiger partial charge in [-0.3, -0.25) is 0 Å². The number of benzene rings is 2. The molecule has 1 fully saturated rings. The molecular formula is C22H26NO4P. The summed E-state index contributed by atoms with van der Waals surface area (Å²) >= 11 is 0. The SMILES string of the molecule is CCOC(=O)/C=C(/CP(=O)(c1ccccc1)c1ccccc1)N1CCOCC1. The number of nitrogens with zero attached hydrogens (tertiary/aromatic N) is 1. The van der Waals surface area contributed by atoms with Crippen LogP contribution in [0.1, 0.15) is 6.92 Å².